The van der Waals surface area contributed by atoms with Crippen molar-refractivity contribution in [2.45, 2.75) is 44.9 Å². The van der Waals surface area contributed by atoms with Crippen LogP contribution in [0.2, 0.25) is 0 Å². The van der Waals surface area contributed by atoms with Gasteiger partial charge < -0.3 is 14.6 Å². The largest absolute Gasteiger partial charge is 0.480 e. The van der Waals surface area contributed by atoms with Gasteiger partial charge in [-0.3, -0.25) is 9.69 Å². The summed E-state index contributed by atoms with van der Waals surface area (Å²) in [4.78, 5) is 13.2. The van der Waals surface area contributed by atoms with Gasteiger partial charge in [-0.1, -0.05) is 0 Å². The SMILES string of the molecule is COCC(C(=O)O)N1CC(C)(C)OC(C)(C)C1. The van der Waals surface area contributed by atoms with Crippen molar-refractivity contribution in [3.63, 3.8) is 0 Å². The Morgan fingerprint density at radius 1 is 1.35 bits per heavy atom. The summed E-state index contributed by atoms with van der Waals surface area (Å²) in [6, 6.07) is -0.609. The number of hydrogen-bond donors (Lipinski definition) is 1. The van der Waals surface area contributed by atoms with E-state index < -0.39 is 12.0 Å². The summed E-state index contributed by atoms with van der Waals surface area (Å²) in [6.07, 6.45) is 0. The van der Waals surface area contributed by atoms with Crippen molar-refractivity contribution in [1.82, 2.24) is 4.90 Å². The standard InChI is InChI=1S/C12H23NO4/c1-11(2)7-13(8-12(3,4)17-11)9(6-16-5)10(14)15/h9H,6-8H2,1-5H3,(H,14,15). The molecule has 0 amide bonds. The molecule has 0 aromatic carbocycles. The van der Waals surface area contributed by atoms with Crippen LogP contribution in [0.25, 0.3) is 0 Å². The average molecular weight is 245 g/mol. The third-order valence-corrected chi connectivity index (χ3v) is 2.77. The molecule has 0 saturated carbocycles. The number of aliphatic carboxylic acids is 1. The van der Waals surface area contributed by atoms with E-state index in [4.69, 9.17) is 9.47 Å². The number of rotatable bonds is 4. The van der Waals surface area contributed by atoms with E-state index in [9.17, 15) is 9.90 Å². The Labute approximate surface area is 103 Å². The first-order valence-corrected chi connectivity index (χ1v) is 5.83. The molecule has 0 aromatic rings. The van der Waals surface area contributed by atoms with Gasteiger partial charge in [0.1, 0.15) is 6.04 Å². The van der Waals surface area contributed by atoms with Gasteiger partial charge in [0, 0.05) is 20.2 Å². The van der Waals surface area contributed by atoms with Gasteiger partial charge in [-0.05, 0) is 27.7 Å². The lowest BCUT2D eigenvalue weighted by molar-refractivity contribution is -0.194. The Morgan fingerprint density at radius 3 is 2.18 bits per heavy atom. The molecule has 17 heavy (non-hydrogen) atoms. The van der Waals surface area contributed by atoms with E-state index in [2.05, 4.69) is 0 Å². The number of morpholine rings is 1. The second kappa shape index (κ2) is 4.92. The Bertz CT molecular complexity index is 272. The summed E-state index contributed by atoms with van der Waals surface area (Å²) >= 11 is 0. The molecule has 0 spiro atoms. The molecular formula is C12H23NO4. The number of hydrogen-bond acceptors (Lipinski definition) is 4. The zero-order valence-electron chi connectivity index (χ0n) is 11.3. The van der Waals surface area contributed by atoms with Crippen molar-refractivity contribution in [3.05, 3.63) is 0 Å². The molecule has 1 N–H and O–H groups in total. The van der Waals surface area contributed by atoms with Gasteiger partial charge in [-0.15, -0.1) is 0 Å². The molecule has 1 aliphatic heterocycles. The molecule has 1 fully saturated rings. The lowest BCUT2D eigenvalue weighted by atomic mass is 9.97. The molecular weight excluding hydrogens is 222 g/mol. The van der Waals surface area contributed by atoms with Crippen LogP contribution in [0, 0.1) is 0 Å². The van der Waals surface area contributed by atoms with Gasteiger partial charge in [0.25, 0.3) is 0 Å². The van der Waals surface area contributed by atoms with Crippen molar-refractivity contribution < 1.29 is 19.4 Å². The zero-order valence-corrected chi connectivity index (χ0v) is 11.3. The number of carboxylic acid groups (broad SMARTS) is 1. The van der Waals surface area contributed by atoms with Crippen LogP contribution in [0.15, 0.2) is 0 Å². The highest BCUT2D eigenvalue weighted by Crippen LogP contribution is 2.29. The Morgan fingerprint density at radius 2 is 1.82 bits per heavy atom. The zero-order chi connectivity index (χ0) is 13.3. The van der Waals surface area contributed by atoms with E-state index in [-0.39, 0.29) is 17.8 Å². The molecule has 0 radical (unpaired) electrons. The molecule has 1 unspecified atom stereocenters. The second-order valence-corrected chi connectivity index (χ2v) is 5.84. The first kappa shape index (κ1) is 14.4. The number of methoxy groups -OCH3 is 1. The number of carboxylic acids is 1. The maximum absolute atomic E-state index is 11.2. The molecule has 5 heteroatoms. The molecule has 1 aliphatic rings. The van der Waals surface area contributed by atoms with E-state index >= 15 is 0 Å². The summed E-state index contributed by atoms with van der Waals surface area (Å²) in [6.45, 7) is 9.30. The van der Waals surface area contributed by atoms with Crippen LogP contribution in [0.5, 0.6) is 0 Å². The van der Waals surface area contributed by atoms with Crippen molar-refractivity contribution in [1.29, 1.82) is 0 Å². The summed E-state index contributed by atoms with van der Waals surface area (Å²) in [7, 11) is 1.52. The molecule has 100 valence electrons. The minimum absolute atomic E-state index is 0.196. The van der Waals surface area contributed by atoms with Gasteiger partial charge in [0.05, 0.1) is 17.8 Å². The Kier molecular flexibility index (Phi) is 4.17. The van der Waals surface area contributed by atoms with Crippen LogP contribution in [-0.4, -0.2) is 60.0 Å². The van der Waals surface area contributed by atoms with E-state index in [0.717, 1.165) is 0 Å². The first-order chi connectivity index (χ1) is 7.67. The van der Waals surface area contributed by atoms with Gasteiger partial charge in [-0.2, -0.15) is 0 Å². The van der Waals surface area contributed by atoms with Gasteiger partial charge >= 0.3 is 5.97 Å². The van der Waals surface area contributed by atoms with Crippen molar-refractivity contribution in [3.8, 4) is 0 Å². The Hall–Kier alpha value is -0.650. The molecule has 1 atom stereocenters. The van der Waals surface area contributed by atoms with Crippen LogP contribution in [0.1, 0.15) is 27.7 Å². The predicted molar refractivity (Wildman–Crippen MR) is 64.1 cm³/mol. The van der Waals surface area contributed by atoms with Crippen LogP contribution < -0.4 is 0 Å². The molecule has 1 rings (SSSR count). The fourth-order valence-corrected chi connectivity index (χ4v) is 2.56. The minimum atomic E-state index is -0.847. The topological polar surface area (TPSA) is 59.0 Å². The normalized spacial score (nSPS) is 25.5. The highest BCUT2D eigenvalue weighted by Gasteiger charge is 2.42. The molecule has 1 saturated heterocycles. The molecule has 5 nitrogen and oxygen atoms in total. The van der Waals surface area contributed by atoms with Crippen LogP contribution >= 0.6 is 0 Å². The van der Waals surface area contributed by atoms with Crippen molar-refractivity contribution in [2.24, 2.45) is 0 Å². The van der Waals surface area contributed by atoms with E-state index in [1.807, 2.05) is 32.6 Å². The monoisotopic (exact) mass is 245 g/mol. The Balaban J connectivity index is 2.84. The molecule has 0 bridgehead atoms. The lowest BCUT2D eigenvalue weighted by Crippen LogP contribution is -2.61. The quantitative estimate of drug-likeness (QED) is 0.800. The van der Waals surface area contributed by atoms with Crippen molar-refractivity contribution >= 4 is 5.97 Å². The molecule has 0 aliphatic carbocycles. The highest BCUT2D eigenvalue weighted by atomic mass is 16.5. The fraction of sp³-hybridized carbons (Fsp3) is 0.917. The maximum atomic E-state index is 11.2. The van der Waals surface area contributed by atoms with Gasteiger partial charge in [0.15, 0.2) is 0 Å². The van der Waals surface area contributed by atoms with E-state index in [0.29, 0.717) is 13.1 Å². The van der Waals surface area contributed by atoms with Gasteiger partial charge in [0.2, 0.25) is 0 Å². The fourth-order valence-electron chi connectivity index (χ4n) is 2.56. The summed E-state index contributed by atoms with van der Waals surface area (Å²) in [5, 5.41) is 9.23. The molecule has 1 heterocycles. The lowest BCUT2D eigenvalue weighted by Gasteiger charge is -2.48. The van der Waals surface area contributed by atoms with Crippen molar-refractivity contribution in [2.75, 3.05) is 26.8 Å². The van der Waals surface area contributed by atoms with Crippen LogP contribution in [0.4, 0.5) is 0 Å². The number of nitrogens with zero attached hydrogens (tertiary/aromatic N) is 1. The predicted octanol–water partition coefficient (Wildman–Crippen LogP) is 0.975. The van der Waals surface area contributed by atoms with Crippen LogP contribution in [-0.2, 0) is 14.3 Å². The third kappa shape index (κ3) is 3.94. The number of carbonyl (C=O) groups is 1. The minimum Gasteiger partial charge on any atom is -0.480 e. The van der Waals surface area contributed by atoms with Gasteiger partial charge in [-0.25, -0.2) is 0 Å². The summed E-state index contributed by atoms with van der Waals surface area (Å²) < 4.78 is 10.9. The first-order valence-electron chi connectivity index (χ1n) is 5.83. The smallest absolute Gasteiger partial charge is 0.323 e. The third-order valence-electron chi connectivity index (χ3n) is 2.77. The van der Waals surface area contributed by atoms with E-state index in [1.165, 1.54) is 7.11 Å². The number of ether oxygens (including phenoxy) is 2. The summed E-state index contributed by atoms with van der Waals surface area (Å²) in [5.74, 6) is -0.847. The maximum Gasteiger partial charge on any atom is 0.323 e. The van der Waals surface area contributed by atoms with Crippen LogP contribution in [0.3, 0.4) is 0 Å². The average Bonchev–Trinajstić information content (AvgIpc) is 2.08. The summed E-state index contributed by atoms with van der Waals surface area (Å²) in [5.41, 5.74) is -0.688. The molecule has 0 aromatic heterocycles. The second-order valence-electron chi connectivity index (χ2n) is 5.84. The highest BCUT2D eigenvalue weighted by molar-refractivity contribution is 5.73. The van der Waals surface area contributed by atoms with E-state index in [1.54, 1.807) is 0 Å².